The zero-order valence-electron chi connectivity index (χ0n) is 27.5. The van der Waals surface area contributed by atoms with E-state index in [9.17, 15) is 0 Å². The van der Waals surface area contributed by atoms with Crippen LogP contribution < -0.4 is 0 Å². The Labute approximate surface area is 294 Å². The topological polar surface area (TPSA) is 51.8 Å². The lowest BCUT2D eigenvalue weighted by atomic mass is 9.95. The Morgan fingerprint density at radius 1 is 0.333 bits per heavy atom. The molecule has 0 aliphatic rings. The van der Waals surface area contributed by atoms with Crippen LogP contribution in [0.25, 0.3) is 99.9 Å². The van der Waals surface area contributed by atoms with Crippen molar-refractivity contribution in [2.45, 2.75) is 0 Å². The minimum atomic E-state index is 0.595. The molecule has 10 aromatic rings. The number of rotatable bonds is 5. The molecule has 0 N–H and O–H groups in total. The highest BCUT2D eigenvalue weighted by Crippen LogP contribution is 2.42. The number of nitrogens with zero attached hydrogens (tertiary/aromatic N) is 3. The summed E-state index contributed by atoms with van der Waals surface area (Å²) in [5.41, 5.74) is 8.80. The Morgan fingerprint density at radius 2 is 0.882 bits per heavy atom. The van der Waals surface area contributed by atoms with Crippen molar-refractivity contribution in [3.63, 3.8) is 0 Å². The molecule has 0 radical (unpaired) electrons. The molecule has 0 atom stereocenters. The Hall–Kier alpha value is -6.91. The highest BCUT2D eigenvalue weighted by Gasteiger charge is 2.21. The summed E-state index contributed by atoms with van der Waals surface area (Å²) in [6.07, 6.45) is 0. The van der Waals surface area contributed by atoms with E-state index in [4.69, 9.17) is 19.4 Å². The average Bonchev–Trinajstić information content (AvgIpc) is 3.60. The molecule has 0 fully saturated rings. The molecule has 0 saturated heterocycles. The van der Waals surface area contributed by atoms with Crippen LogP contribution in [-0.2, 0) is 0 Å². The van der Waals surface area contributed by atoms with Crippen molar-refractivity contribution in [1.82, 2.24) is 15.0 Å². The van der Waals surface area contributed by atoms with Gasteiger partial charge < -0.3 is 4.42 Å². The molecule has 0 bridgehead atoms. The van der Waals surface area contributed by atoms with Crippen LogP contribution in [-0.4, -0.2) is 15.0 Å². The summed E-state index contributed by atoms with van der Waals surface area (Å²) in [6.45, 7) is 0. The molecule has 0 saturated carbocycles. The third kappa shape index (κ3) is 5.13. The van der Waals surface area contributed by atoms with Gasteiger partial charge in [-0.3, -0.25) is 0 Å². The molecule has 8 aromatic carbocycles. The number of aromatic nitrogens is 3. The average molecular weight is 652 g/mol. The lowest BCUT2D eigenvalue weighted by Crippen LogP contribution is -2.00. The van der Waals surface area contributed by atoms with Crippen molar-refractivity contribution < 1.29 is 4.42 Å². The van der Waals surface area contributed by atoms with E-state index in [1.165, 1.54) is 16.3 Å². The Morgan fingerprint density at radius 3 is 1.59 bits per heavy atom. The number of fused-ring (bicyclic) bond motifs is 5. The second kappa shape index (κ2) is 11.9. The van der Waals surface area contributed by atoms with E-state index in [1.54, 1.807) is 0 Å². The van der Waals surface area contributed by atoms with Crippen LogP contribution in [0.1, 0.15) is 0 Å². The SMILES string of the molecule is c1ccc(-c2cccc(-c3ccc(-c4nc(-c5ccc6ccccc6c5)nc(-c5ccc6ccccc6c5)n4)c4c3oc3ccccc34)c2)cc1. The van der Waals surface area contributed by atoms with Gasteiger partial charge in [-0.2, -0.15) is 0 Å². The van der Waals surface area contributed by atoms with Gasteiger partial charge in [0.1, 0.15) is 11.2 Å². The van der Waals surface area contributed by atoms with Gasteiger partial charge in [-0.1, -0.05) is 140 Å². The number of benzene rings is 8. The van der Waals surface area contributed by atoms with Crippen LogP contribution >= 0.6 is 0 Å². The molecule has 2 heterocycles. The van der Waals surface area contributed by atoms with Gasteiger partial charge in [0.25, 0.3) is 0 Å². The van der Waals surface area contributed by atoms with Crippen LogP contribution in [0.4, 0.5) is 0 Å². The standard InChI is InChI=1S/C47H29N3O/c1-2-11-30(12-3-1)35-17-10-18-36(27-35)39-25-26-41(43-40-19-8-9-20-42(40)51-44(39)43)47-49-45(37-23-21-31-13-4-6-15-33(31)28-37)48-46(50-47)38-24-22-32-14-5-7-16-34(32)29-38/h1-29H. The maximum Gasteiger partial charge on any atom is 0.164 e. The van der Waals surface area contributed by atoms with Crippen molar-refractivity contribution in [2.75, 3.05) is 0 Å². The molecule has 238 valence electrons. The molecule has 0 spiro atoms. The number of para-hydroxylation sites is 1. The second-order valence-electron chi connectivity index (χ2n) is 12.8. The lowest BCUT2D eigenvalue weighted by Gasteiger charge is -2.12. The van der Waals surface area contributed by atoms with E-state index < -0.39 is 0 Å². The summed E-state index contributed by atoms with van der Waals surface area (Å²) in [5.74, 6) is 1.83. The van der Waals surface area contributed by atoms with Gasteiger partial charge >= 0.3 is 0 Å². The van der Waals surface area contributed by atoms with Crippen molar-refractivity contribution in [1.29, 1.82) is 0 Å². The van der Waals surface area contributed by atoms with E-state index >= 15 is 0 Å². The normalized spacial score (nSPS) is 11.5. The molecule has 4 nitrogen and oxygen atoms in total. The molecule has 0 aliphatic heterocycles. The first-order valence-electron chi connectivity index (χ1n) is 17.1. The molecule has 0 amide bonds. The van der Waals surface area contributed by atoms with Gasteiger partial charge in [0.2, 0.25) is 0 Å². The first-order chi connectivity index (χ1) is 25.2. The minimum absolute atomic E-state index is 0.595. The molecule has 2 aromatic heterocycles. The zero-order valence-corrected chi connectivity index (χ0v) is 27.5. The fraction of sp³-hybridized carbons (Fsp3) is 0. The third-order valence-corrected chi connectivity index (χ3v) is 9.70. The maximum atomic E-state index is 6.70. The first-order valence-corrected chi connectivity index (χ1v) is 17.1. The van der Waals surface area contributed by atoms with Crippen LogP contribution in [0.5, 0.6) is 0 Å². The van der Waals surface area contributed by atoms with Crippen LogP contribution in [0.15, 0.2) is 180 Å². The van der Waals surface area contributed by atoms with Gasteiger partial charge in [0, 0.05) is 33.0 Å². The summed E-state index contributed by atoms with van der Waals surface area (Å²) in [7, 11) is 0. The Kier molecular flexibility index (Phi) is 6.78. The minimum Gasteiger partial charge on any atom is -0.455 e. The predicted molar refractivity (Wildman–Crippen MR) is 209 cm³/mol. The van der Waals surface area contributed by atoms with Crippen LogP contribution in [0.3, 0.4) is 0 Å². The monoisotopic (exact) mass is 651 g/mol. The van der Waals surface area contributed by atoms with E-state index in [-0.39, 0.29) is 0 Å². The summed E-state index contributed by atoms with van der Waals surface area (Å²) in [4.78, 5) is 15.5. The van der Waals surface area contributed by atoms with Crippen LogP contribution in [0, 0.1) is 0 Å². The molecule has 51 heavy (non-hydrogen) atoms. The van der Waals surface area contributed by atoms with Crippen molar-refractivity contribution >= 4 is 43.5 Å². The number of hydrogen-bond donors (Lipinski definition) is 0. The quantitative estimate of drug-likeness (QED) is 0.186. The van der Waals surface area contributed by atoms with Crippen molar-refractivity contribution in [3.05, 3.63) is 176 Å². The van der Waals surface area contributed by atoms with Gasteiger partial charge in [-0.05, 0) is 74.6 Å². The molecule has 0 unspecified atom stereocenters. The predicted octanol–water partition coefficient (Wildman–Crippen LogP) is 12.4. The first kappa shape index (κ1) is 29.0. The molecule has 4 heteroatoms. The van der Waals surface area contributed by atoms with Crippen molar-refractivity contribution in [3.8, 4) is 56.4 Å². The molecular formula is C47H29N3O. The van der Waals surface area contributed by atoms with Gasteiger partial charge in [-0.15, -0.1) is 0 Å². The smallest absolute Gasteiger partial charge is 0.164 e. The third-order valence-electron chi connectivity index (χ3n) is 9.70. The van der Waals surface area contributed by atoms with E-state index in [2.05, 4.69) is 158 Å². The lowest BCUT2D eigenvalue weighted by molar-refractivity contribution is 0.670. The highest BCUT2D eigenvalue weighted by molar-refractivity contribution is 6.16. The fourth-order valence-electron chi connectivity index (χ4n) is 7.15. The number of hydrogen-bond acceptors (Lipinski definition) is 4. The second-order valence-corrected chi connectivity index (χ2v) is 12.8. The molecular weight excluding hydrogens is 623 g/mol. The highest BCUT2D eigenvalue weighted by atomic mass is 16.3. The molecule has 0 aliphatic carbocycles. The fourth-order valence-corrected chi connectivity index (χ4v) is 7.15. The van der Waals surface area contributed by atoms with E-state index in [0.29, 0.717) is 17.5 Å². The maximum absolute atomic E-state index is 6.70. The van der Waals surface area contributed by atoms with E-state index in [1.807, 2.05) is 18.2 Å². The summed E-state index contributed by atoms with van der Waals surface area (Å²) >= 11 is 0. The van der Waals surface area contributed by atoms with Gasteiger partial charge in [-0.25, -0.2) is 15.0 Å². The summed E-state index contributed by atoms with van der Waals surface area (Å²) in [5, 5.41) is 6.61. The van der Waals surface area contributed by atoms with Gasteiger partial charge in [0.05, 0.1) is 0 Å². The van der Waals surface area contributed by atoms with Gasteiger partial charge in [0.15, 0.2) is 17.5 Å². The summed E-state index contributed by atoms with van der Waals surface area (Å²) < 4.78 is 6.70. The zero-order chi connectivity index (χ0) is 33.7. The Balaban J connectivity index is 1.21. The Bertz CT molecular complexity index is 2830. The molecule has 10 rings (SSSR count). The van der Waals surface area contributed by atoms with E-state index in [0.717, 1.165) is 66.1 Å². The van der Waals surface area contributed by atoms with Crippen LogP contribution in [0.2, 0.25) is 0 Å². The largest absolute Gasteiger partial charge is 0.455 e. The number of furan rings is 1. The summed E-state index contributed by atoms with van der Waals surface area (Å²) in [6, 6.07) is 61.1. The van der Waals surface area contributed by atoms with Crippen molar-refractivity contribution in [2.24, 2.45) is 0 Å².